The molecule has 0 saturated carbocycles. The van der Waals surface area contributed by atoms with Gasteiger partial charge in [-0.1, -0.05) is 29.8 Å². The standard InChI is InChI=1S/C27H29FN2O3S/c1-18(2)30(27(32)20-10-8-19(3)9-11-20)16-26(31)29-14-12-25-21(13-15-34-25)23(29)17-33-24-7-5-4-6-22(24)28/h4-11,13,15,18,23H,12,14,16-17H2,1-3H3/t23-/m0/s1. The van der Waals surface area contributed by atoms with Gasteiger partial charge in [-0.2, -0.15) is 0 Å². The van der Waals surface area contributed by atoms with Crippen LogP contribution in [0.4, 0.5) is 4.39 Å². The molecule has 1 aliphatic rings. The Labute approximate surface area is 203 Å². The Morgan fingerprint density at radius 3 is 2.59 bits per heavy atom. The maximum atomic E-state index is 14.1. The summed E-state index contributed by atoms with van der Waals surface area (Å²) in [4.78, 5) is 31.3. The zero-order valence-electron chi connectivity index (χ0n) is 19.7. The number of ether oxygens (including phenoxy) is 1. The van der Waals surface area contributed by atoms with Crippen molar-refractivity contribution in [2.45, 2.75) is 39.3 Å². The minimum atomic E-state index is -0.434. The van der Waals surface area contributed by atoms with Crippen LogP contribution in [0.1, 0.15) is 46.3 Å². The average molecular weight is 481 g/mol. The molecule has 0 radical (unpaired) electrons. The van der Waals surface area contributed by atoms with E-state index >= 15 is 0 Å². The molecule has 0 fully saturated rings. The van der Waals surface area contributed by atoms with Crippen LogP contribution in [0.5, 0.6) is 5.75 Å². The number of aryl methyl sites for hydroxylation is 1. The molecule has 4 rings (SSSR count). The fourth-order valence-electron chi connectivity index (χ4n) is 4.19. The summed E-state index contributed by atoms with van der Waals surface area (Å²) in [5.41, 5.74) is 2.66. The van der Waals surface area contributed by atoms with E-state index in [0.717, 1.165) is 17.5 Å². The largest absolute Gasteiger partial charge is 0.488 e. The van der Waals surface area contributed by atoms with Gasteiger partial charge < -0.3 is 14.5 Å². The summed E-state index contributed by atoms with van der Waals surface area (Å²) in [6.45, 7) is 6.43. The number of fused-ring (bicyclic) bond motifs is 1. The maximum Gasteiger partial charge on any atom is 0.254 e. The van der Waals surface area contributed by atoms with Gasteiger partial charge in [-0.25, -0.2) is 4.39 Å². The molecule has 3 aromatic rings. The lowest BCUT2D eigenvalue weighted by Crippen LogP contribution is -2.49. The highest BCUT2D eigenvalue weighted by molar-refractivity contribution is 7.10. The highest BCUT2D eigenvalue weighted by Crippen LogP contribution is 2.34. The summed E-state index contributed by atoms with van der Waals surface area (Å²) in [6.07, 6.45) is 0.753. The van der Waals surface area contributed by atoms with Crippen LogP contribution in [0.2, 0.25) is 0 Å². The molecule has 34 heavy (non-hydrogen) atoms. The Kier molecular flexibility index (Phi) is 7.32. The van der Waals surface area contributed by atoms with Crippen LogP contribution in [-0.2, 0) is 11.2 Å². The van der Waals surface area contributed by atoms with Gasteiger partial charge in [0, 0.05) is 23.0 Å². The number of amides is 2. The summed E-state index contributed by atoms with van der Waals surface area (Å²) in [5.74, 6) is -0.587. The van der Waals surface area contributed by atoms with Crippen molar-refractivity contribution in [3.05, 3.63) is 87.4 Å². The first kappa shape index (κ1) is 24.0. The third-order valence-electron chi connectivity index (χ3n) is 6.14. The molecule has 1 aromatic heterocycles. The van der Waals surface area contributed by atoms with Crippen LogP contribution in [0.15, 0.2) is 60.0 Å². The van der Waals surface area contributed by atoms with Crippen molar-refractivity contribution in [1.82, 2.24) is 9.80 Å². The quantitative estimate of drug-likeness (QED) is 0.464. The molecule has 2 amide bonds. The van der Waals surface area contributed by atoms with Gasteiger partial charge in [-0.3, -0.25) is 9.59 Å². The molecule has 178 valence electrons. The van der Waals surface area contributed by atoms with Crippen LogP contribution in [0.25, 0.3) is 0 Å². The molecule has 5 nitrogen and oxygen atoms in total. The average Bonchev–Trinajstić information content (AvgIpc) is 3.31. The summed E-state index contributed by atoms with van der Waals surface area (Å²) < 4.78 is 19.9. The third-order valence-corrected chi connectivity index (χ3v) is 7.13. The van der Waals surface area contributed by atoms with E-state index in [4.69, 9.17) is 4.74 Å². The highest BCUT2D eigenvalue weighted by atomic mass is 32.1. The topological polar surface area (TPSA) is 49.9 Å². The number of thiophene rings is 1. The normalized spacial score (nSPS) is 15.2. The van der Waals surface area contributed by atoms with Crippen LogP contribution in [-0.4, -0.2) is 47.4 Å². The van der Waals surface area contributed by atoms with E-state index in [1.807, 2.05) is 44.4 Å². The van der Waals surface area contributed by atoms with Gasteiger partial charge in [0.15, 0.2) is 11.6 Å². The number of hydrogen-bond donors (Lipinski definition) is 0. The first-order valence-electron chi connectivity index (χ1n) is 11.5. The molecule has 2 aromatic carbocycles. The smallest absolute Gasteiger partial charge is 0.254 e. The zero-order valence-corrected chi connectivity index (χ0v) is 20.5. The summed E-state index contributed by atoms with van der Waals surface area (Å²) in [6, 6.07) is 15.2. The molecule has 0 bridgehead atoms. The van der Waals surface area contributed by atoms with Crippen LogP contribution >= 0.6 is 11.3 Å². The Bertz CT molecular complexity index is 1160. The number of para-hydroxylation sites is 1. The molecule has 0 aliphatic carbocycles. The maximum absolute atomic E-state index is 14.1. The van der Waals surface area contributed by atoms with Crippen molar-refractivity contribution >= 4 is 23.2 Å². The Morgan fingerprint density at radius 1 is 1.15 bits per heavy atom. The van der Waals surface area contributed by atoms with Crippen molar-refractivity contribution in [2.24, 2.45) is 0 Å². The predicted molar refractivity (Wildman–Crippen MR) is 132 cm³/mol. The Morgan fingerprint density at radius 2 is 1.88 bits per heavy atom. The number of benzene rings is 2. The molecule has 1 atom stereocenters. The summed E-state index contributed by atoms with van der Waals surface area (Å²) in [5, 5.41) is 2.01. The van der Waals surface area contributed by atoms with E-state index in [1.165, 1.54) is 10.9 Å². The lowest BCUT2D eigenvalue weighted by molar-refractivity contribution is -0.136. The van der Waals surface area contributed by atoms with Crippen molar-refractivity contribution in [2.75, 3.05) is 19.7 Å². The molecule has 1 aliphatic heterocycles. The Hall–Kier alpha value is -3.19. The fourth-order valence-corrected chi connectivity index (χ4v) is 5.12. The van der Waals surface area contributed by atoms with Crippen LogP contribution < -0.4 is 4.74 Å². The minimum absolute atomic E-state index is 0.0277. The molecule has 0 unspecified atom stereocenters. The van der Waals surface area contributed by atoms with Gasteiger partial charge in [0.1, 0.15) is 13.2 Å². The van der Waals surface area contributed by atoms with E-state index in [1.54, 1.807) is 51.5 Å². The second kappa shape index (κ2) is 10.4. The number of carbonyl (C=O) groups is 2. The van der Waals surface area contributed by atoms with Gasteiger partial charge >= 0.3 is 0 Å². The molecule has 2 heterocycles. The summed E-state index contributed by atoms with van der Waals surface area (Å²) in [7, 11) is 0. The van der Waals surface area contributed by atoms with Gasteiger partial charge in [-0.15, -0.1) is 11.3 Å². The fraction of sp³-hybridized carbons (Fsp3) is 0.333. The van der Waals surface area contributed by atoms with Gasteiger partial charge in [0.2, 0.25) is 5.91 Å². The molecular weight excluding hydrogens is 451 g/mol. The van der Waals surface area contributed by atoms with E-state index in [9.17, 15) is 14.0 Å². The monoisotopic (exact) mass is 480 g/mol. The number of rotatable bonds is 7. The molecule has 7 heteroatoms. The van der Waals surface area contributed by atoms with Gasteiger partial charge in [0.05, 0.1) is 6.04 Å². The number of nitrogens with zero attached hydrogens (tertiary/aromatic N) is 2. The summed E-state index contributed by atoms with van der Waals surface area (Å²) >= 11 is 1.66. The third kappa shape index (κ3) is 5.14. The molecule has 0 spiro atoms. The second-order valence-corrected chi connectivity index (χ2v) is 9.79. The molecule has 0 saturated heterocycles. The van der Waals surface area contributed by atoms with Crippen LogP contribution in [0.3, 0.4) is 0 Å². The SMILES string of the molecule is Cc1ccc(C(=O)N(CC(=O)N2CCc3sccc3[C@@H]2COc2ccccc2F)C(C)C)cc1. The number of hydrogen-bond acceptors (Lipinski definition) is 4. The molecular formula is C27H29FN2O3S. The van der Waals surface area contributed by atoms with E-state index in [-0.39, 0.29) is 42.8 Å². The number of halogens is 1. The van der Waals surface area contributed by atoms with Crippen molar-refractivity contribution in [3.63, 3.8) is 0 Å². The lowest BCUT2D eigenvalue weighted by atomic mass is 10.00. The van der Waals surface area contributed by atoms with Gasteiger partial charge in [0.25, 0.3) is 5.91 Å². The van der Waals surface area contributed by atoms with Crippen molar-refractivity contribution in [1.29, 1.82) is 0 Å². The van der Waals surface area contributed by atoms with E-state index in [0.29, 0.717) is 12.1 Å². The predicted octanol–water partition coefficient (Wildman–Crippen LogP) is 5.25. The molecule has 0 N–H and O–H groups in total. The van der Waals surface area contributed by atoms with E-state index in [2.05, 4.69) is 0 Å². The van der Waals surface area contributed by atoms with Crippen molar-refractivity contribution < 1.29 is 18.7 Å². The van der Waals surface area contributed by atoms with E-state index < -0.39 is 5.82 Å². The first-order valence-corrected chi connectivity index (χ1v) is 12.3. The van der Waals surface area contributed by atoms with Crippen molar-refractivity contribution in [3.8, 4) is 5.75 Å². The van der Waals surface area contributed by atoms with Crippen LogP contribution in [0, 0.1) is 12.7 Å². The highest BCUT2D eigenvalue weighted by Gasteiger charge is 2.34. The first-order chi connectivity index (χ1) is 16.3. The van der Waals surface area contributed by atoms with Gasteiger partial charge in [-0.05, 0) is 68.5 Å². The second-order valence-electron chi connectivity index (χ2n) is 8.79. The Balaban J connectivity index is 1.54. The minimum Gasteiger partial charge on any atom is -0.488 e. The number of carbonyl (C=O) groups excluding carboxylic acids is 2. The lowest BCUT2D eigenvalue weighted by Gasteiger charge is -2.37. The zero-order chi connectivity index (χ0) is 24.2.